The predicted molar refractivity (Wildman–Crippen MR) is 341 cm³/mol. The molecule has 8 heterocycles. The molecule has 1 aromatic heterocycles. The number of anilines is 9. The molecule has 0 atom stereocenters. The maximum Gasteiger partial charge on any atom is 0.253 e. The molecule has 0 saturated carbocycles. The number of nitrogens with zero attached hydrogens (tertiary/aromatic N) is 3. The molecule has 10 aromatic carbocycles. The lowest BCUT2D eigenvalue weighted by Gasteiger charge is -2.55. The third-order valence-electron chi connectivity index (χ3n) is 19.1. The maximum atomic E-state index is 2.77. The lowest BCUT2D eigenvalue weighted by atomic mass is 9.24. The van der Waals surface area contributed by atoms with Crippen molar-refractivity contribution in [1.29, 1.82) is 0 Å². The van der Waals surface area contributed by atoms with E-state index in [1.165, 1.54) is 163 Å². The molecule has 0 bridgehead atoms. The first-order valence-corrected chi connectivity index (χ1v) is 29.9. The van der Waals surface area contributed by atoms with E-state index in [1.54, 1.807) is 0 Å². The molecular formula is C69H51B4N3S2. The van der Waals surface area contributed by atoms with Crippen LogP contribution in [0.5, 0.6) is 0 Å². The molecule has 11 aromatic rings. The lowest BCUT2D eigenvalue weighted by molar-refractivity contribution is 0.812. The number of thiophene rings is 1. The highest BCUT2D eigenvalue weighted by atomic mass is 32.2. The molecule has 18 rings (SSSR count). The topological polar surface area (TPSA) is 9.72 Å². The first-order chi connectivity index (χ1) is 38.2. The summed E-state index contributed by atoms with van der Waals surface area (Å²) in [6.07, 6.45) is 0. The second-order valence-corrected chi connectivity index (χ2v) is 26.0. The van der Waals surface area contributed by atoms with Crippen LogP contribution in [-0.4, -0.2) is 26.9 Å². The molecule has 0 N–H and O–H groups in total. The van der Waals surface area contributed by atoms with Gasteiger partial charge in [-0.05, 0) is 138 Å². The van der Waals surface area contributed by atoms with E-state index >= 15 is 0 Å². The Morgan fingerprint density at radius 2 is 0.808 bits per heavy atom. The largest absolute Gasteiger partial charge is 0.312 e. The number of rotatable bonds is 4. The highest BCUT2D eigenvalue weighted by Gasteiger charge is 2.58. The second-order valence-electron chi connectivity index (χ2n) is 23.9. The van der Waals surface area contributed by atoms with E-state index in [1.807, 2.05) is 23.1 Å². The van der Waals surface area contributed by atoms with Gasteiger partial charge < -0.3 is 14.7 Å². The summed E-state index contributed by atoms with van der Waals surface area (Å²) in [6, 6.07) is 71.7. The van der Waals surface area contributed by atoms with E-state index in [9.17, 15) is 0 Å². The molecule has 0 aliphatic carbocycles. The fraction of sp³-hybridized carbons (Fsp3) is 0.130. The Morgan fingerprint density at radius 3 is 1.40 bits per heavy atom. The van der Waals surface area contributed by atoms with E-state index in [4.69, 9.17) is 0 Å². The molecule has 0 unspecified atom stereocenters. The average Bonchev–Trinajstić information content (AvgIpc) is 2.15. The number of para-hydroxylation sites is 4. The minimum absolute atomic E-state index is 0.00869. The van der Waals surface area contributed by atoms with Gasteiger partial charge in [0.25, 0.3) is 20.1 Å². The molecule has 7 aliphatic heterocycles. The summed E-state index contributed by atoms with van der Waals surface area (Å²) < 4.78 is 2.74. The molecule has 0 fully saturated rings. The van der Waals surface area contributed by atoms with E-state index in [2.05, 4.69) is 238 Å². The molecule has 7 aliphatic rings. The van der Waals surface area contributed by atoms with Crippen molar-refractivity contribution in [3.63, 3.8) is 0 Å². The van der Waals surface area contributed by atoms with Gasteiger partial charge in [0.2, 0.25) is 6.71 Å². The van der Waals surface area contributed by atoms with Crippen LogP contribution in [0, 0.1) is 0 Å². The van der Waals surface area contributed by atoms with Crippen molar-refractivity contribution in [2.75, 3.05) is 14.7 Å². The highest BCUT2D eigenvalue weighted by molar-refractivity contribution is 8.00. The van der Waals surface area contributed by atoms with E-state index in [0.717, 1.165) is 0 Å². The summed E-state index contributed by atoms with van der Waals surface area (Å²) in [4.78, 5) is 10.9. The van der Waals surface area contributed by atoms with Crippen molar-refractivity contribution < 1.29 is 0 Å². The van der Waals surface area contributed by atoms with Crippen molar-refractivity contribution in [2.24, 2.45) is 0 Å². The summed E-state index contributed by atoms with van der Waals surface area (Å²) in [7, 11) is 0. The van der Waals surface area contributed by atoms with Crippen LogP contribution in [0.15, 0.2) is 192 Å². The number of hydrogen-bond acceptors (Lipinski definition) is 5. The molecule has 9 heteroatoms. The summed E-state index contributed by atoms with van der Waals surface area (Å²) in [5.41, 5.74) is 33.3. The van der Waals surface area contributed by atoms with Gasteiger partial charge in [0, 0.05) is 75.8 Å². The monoisotopic (exact) mass is 1030 g/mol. The van der Waals surface area contributed by atoms with Crippen molar-refractivity contribution in [1.82, 2.24) is 0 Å². The molecule has 78 heavy (non-hydrogen) atoms. The van der Waals surface area contributed by atoms with Crippen LogP contribution in [0.4, 0.5) is 51.2 Å². The van der Waals surface area contributed by atoms with Crippen LogP contribution in [0.2, 0.25) is 0 Å². The van der Waals surface area contributed by atoms with Gasteiger partial charge >= 0.3 is 0 Å². The first-order valence-electron chi connectivity index (χ1n) is 28.3. The third kappa shape index (κ3) is 5.43. The Bertz CT molecular complexity index is 4530. The van der Waals surface area contributed by atoms with Gasteiger partial charge in [0.05, 0.1) is 0 Å². The number of fused-ring (bicyclic) bond motifs is 24. The second kappa shape index (κ2) is 15.6. The highest BCUT2D eigenvalue weighted by Crippen LogP contribution is 2.53. The Morgan fingerprint density at radius 1 is 0.333 bits per heavy atom. The normalized spacial score (nSPS) is 14.9. The first kappa shape index (κ1) is 44.4. The lowest BCUT2D eigenvalue weighted by Crippen LogP contribution is -2.75. The Balaban J connectivity index is 1.01. The summed E-state index contributed by atoms with van der Waals surface area (Å²) in [5.74, 6) is 1.15. The van der Waals surface area contributed by atoms with Crippen molar-refractivity contribution in [2.45, 2.75) is 69.1 Å². The van der Waals surface area contributed by atoms with Gasteiger partial charge in [-0.1, -0.05) is 203 Å². The summed E-state index contributed by atoms with van der Waals surface area (Å²) in [5, 5.41) is 2.69. The molecule has 0 amide bonds. The van der Waals surface area contributed by atoms with Crippen LogP contribution in [0.1, 0.15) is 76.0 Å². The van der Waals surface area contributed by atoms with Crippen LogP contribution in [-0.2, 0) is 0 Å². The van der Waals surface area contributed by atoms with E-state index in [-0.39, 0.29) is 26.9 Å². The fourth-order valence-corrected chi connectivity index (χ4v) is 18.4. The smallest absolute Gasteiger partial charge is 0.253 e. The van der Waals surface area contributed by atoms with E-state index < -0.39 is 0 Å². The van der Waals surface area contributed by atoms with Gasteiger partial charge in [-0.2, -0.15) is 0 Å². The van der Waals surface area contributed by atoms with Crippen molar-refractivity contribution in [3.8, 4) is 0 Å². The zero-order valence-corrected chi connectivity index (χ0v) is 46.2. The minimum atomic E-state index is -0.0233. The number of benzene rings is 10. The summed E-state index contributed by atoms with van der Waals surface area (Å²) in [6.45, 7) is 14.5. The summed E-state index contributed by atoms with van der Waals surface area (Å²) >= 11 is 3.96. The molecule has 3 nitrogen and oxygen atoms in total. The average molecular weight is 1030 g/mol. The van der Waals surface area contributed by atoms with Crippen LogP contribution in [0.3, 0.4) is 0 Å². The van der Waals surface area contributed by atoms with Gasteiger partial charge in [0.15, 0.2) is 0 Å². The fourth-order valence-electron chi connectivity index (χ4n) is 15.9. The van der Waals surface area contributed by atoms with Crippen LogP contribution >= 0.6 is 23.1 Å². The van der Waals surface area contributed by atoms with Gasteiger partial charge in [-0.25, -0.2) is 0 Å². The molecule has 366 valence electrons. The van der Waals surface area contributed by atoms with Gasteiger partial charge in [0.1, 0.15) is 0 Å². The number of hydrogen-bond donors (Lipinski definition) is 0. The Labute approximate surface area is 466 Å². The van der Waals surface area contributed by atoms with Crippen molar-refractivity contribution >= 4 is 187 Å². The zero-order chi connectivity index (χ0) is 51.7. The SMILES string of the molecule is CC(C)c1cc(C(C)C)c(B2c3ccccc3Sc3cc4c(cc32)B2c3ccccc3N3c5ccc6c(sc7ccccc76)c5B5c6ccccc6N6c7ccccc7B7c8ccccc8N4c4c7c6c5c3c42)c(C(C)C)c1. The predicted octanol–water partition coefficient (Wildman–Crippen LogP) is 10.2. The molecule has 0 spiro atoms. The molecule has 0 saturated heterocycles. The quantitative estimate of drug-likeness (QED) is 0.163. The third-order valence-corrected chi connectivity index (χ3v) is 21.4. The maximum absolute atomic E-state index is 2.77. The minimum Gasteiger partial charge on any atom is -0.312 e. The van der Waals surface area contributed by atoms with E-state index in [0.29, 0.717) is 17.8 Å². The Kier molecular flexibility index (Phi) is 8.87. The molecule has 0 radical (unpaired) electrons. The Hall–Kier alpha value is -7.57. The van der Waals surface area contributed by atoms with Gasteiger partial charge in [-0.3, -0.25) is 0 Å². The van der Waals surface area contributed by atoms with Gasteiger partial charge in [-0.15, -0.1) is 11.3 Å². The standard InChI is InChI=1S/C69H51B4N3S2/c1-37(2)40-33-43(38(3)4)61(44(34-40)39(5)6)72-49-24-12-18-30-59(49)77-60-36-57-50(35-51(60)72)71-47-22-10-14-26-53(47)75-56-32-31-42-41-19-7-17-29-58(41)78-69(42)62(56)73-48-23-11-16-28-55(48)74-52-25-13-8-20-45(52)70-46-21-9-15-27-54(46)76(57)66-63(70)67(74)65(73)68(75)64(66)71/h7-39H,1-6H3. The van der Waals surface area contributed by atoms with Crippen molar-refractivity contribution in [3.05, 3.63) is 199 Å². The van der Waals surface area contributed by atoms with Crippen LogP contribution < -0.4 is 80.3 Å². The van der Waals surface area contributed by atoms with Crippen LogP contribution in [0.25, 0.3) is 20.2 Å². The molecular weight excluding hydrogens is 978 g/mol. The zero-order valence-electron chi connectivity index (χ0n) is 44.5.